The van der Waals surface area contributed by atoms with E-state index in [1.165, 1.54) is 11.3 Å². The molecule has 28 heavy (non-hydrogen) atoms. The molecular weight excluding hydrogens is 372 g/mol. The second-order valence-corrected chi connectivity index (χ2v) is 8.88. The van der Waals surface area contributed by atoms with Gasteiger partial charge in [-0.1, -0.05) is 17.4 Å². The number of aromatic amines is 1. The largest absolute Gasteiger partial charge is 0.357 e. The number of benzene rings is 1. The molecule has 0 spiro atoms. The van der Waals surface area contributed by atoms with Crippen LogP contribution in [0.4, 0.5) is 5.13 Å². The molecule has 7 heteroatoms. The standard InChI is InChI=1S/C21H18N4O2S.H2/c1-21(2)18-15(13-4-3-11(10-22)9-14(13)23-18)16(27)17-19(21)24-20(28-17)25-7-5-12(26)6-8-25;/h3-4,9,23H,5-8H2,1-2H3;1H. The zero-order chi connectivity index (χ0) is 19.6. The number of fused-ring (bicyclic) bond motifs is 4. The van der Waals surface area contributed by atoms with Crippen molar-refractivity contribution in [3.05, 3.63) is 45.6 Å². The topological polar surface area (TPSA) is 89.8 Å². The van der Waals surface area contributed by atoms with E-state index in [2.05, 4.69) is 29.8 Å². The van der Waals surface area contributed by atoms with Crippen LogP contribution in [0, 0.1) is 11.3 Å². The average Bonchev–Trinajstić information content (AvgIpc) is 3.30. The molecule has 3 heterocycles. The van der Waals surface area contributed by atoms with Crippen LogP contribution in [-0.4, -0.2) is 34.6 Å². The molecule has 0 unspecified atom stereocenters. The summed E-state index contributed by atoms with van der Waals surface area (Å²) >= 11 is 1.42. The molecule has 1 aromatic carbocycles. The first-order valence-electron chi connectivity index (χ1n) is 9.29. The number of carbonyl (C=O) groups is 2. The van der Waals surface area contributed by atoms with E-state index in [1.807, 2.05) is 6.07 Å². The van der Waals surface area contributed by atoms with E-state index in [1.54, 1.807) is 12.1 Å². The second kappa shape index (κ2) is 5.76. The number of aromatic nitrogens is 2. The highest BCUT2D eigenvalue weighted by molar-refractivity contribution is 7.18. The number of piperidine rings is 1. The fraction of sp³-hybridized carbons (Fsp3) is 0.333. The third-order valence-electron chi connectivity index (χ3n) is 5.79. The van der Waals surface area contributed by atoms with Gasteiger partial charge in [0.25, 0.3) is 0 Å². The number of anilines is 1. The average molecular weight is 392 g/mol. The summed E-state index contributed by atoms with van der Waals surface area (Å²) < 4.78 is 0. The van der Waals surface area contributed by atoms with Crippen molar-refractivity contribution in [3.8, 4) is 6.07 Å². The first kappa shape index (κ1) is 17.1. The summed E-state index contributed by atoms with van der Waals surface area (Å²) in [7, 11) is 0. The van der Waals surface area contributed by atoms with Gasteiger partial charge in [-0.3, -0.25) is 9.59 Å². The number of nitrogens with one attached hydrogen (secondary N) is 1. The van der Waals surface area contributed by atoms with Crippen LogP contribution < -0.4 is 4.90 Å². The number of carbonyl (C=O) groups excluding carboxylic acids is 2. The Morgan fingerprint density at radius 1 is 1.29 bits per heavy atom. The smallest absolute Gasteiger partial charge is 0.207 e. The van der Waals surface area contributed by atoms with Gasteiger partial charge in [0.2, 0.25) is 5.78 Å². The maximum atomic E-state index is 13.4. The summed E-state index contributed by atoms with van der Waals surface area (Å²) in [5, 5.41) is 10.8. The number of Topliss-reactive ketones (excluding diaryl/α,β-unsaturated/α-hetero) is 1. The molecule has 1 N–H and O–H groups in total. The van der Waals surface area contributed by atoms with E-state index >= 15 is 0 Å². The van der Waals surface area contributed by atoms with E-state index in [4.69, 9.17) is 10.2 Å². The summed E-state index contributed by atoms with van der Waals surface area (Å²) in [5.74, 6) is 0.268. The van der Waals surface area contributed by atoms with Crippen LogP contribution in [0.25, 0.3) is 10.9 Å². The number of H-pyrrole nitrogens is 1. The monoisotopic (exact) mass is 392 g/mol. The molecule has 2 aromatic heterocycles. The van der Waals surface area contributed by atoms with Crippen LogP contribution in [-0.2, 0) is 10.2 Å². The van der Waals surface area contributed by atoms with E-state index in [9.17, 15) is 9.59 Å². The number of ketones is 2. The summed E-state index contributed by atoms with van der Waals surface area (Å²) in [6, 6.07) is 7.52. The molecule has 142 valence electrons. The summed E-state index contributed by atoms with van der Waals surface area (Å²) in [5.41, 5.74) is 3.22. The maximum Gasteiger partial charge on any atom is 0.207 e. The van der Waals surface area contributed by atoms with Gasteiger partial charge in [-0.15, -0.1) is 0 Å². The highest BCUT2D eigenvalue weighted by Crippen LogP contribution is 2.46. The Hall–Kier alpha value is -2.98. The molecular formula is C21H20N4O2S. The normalized spacial score (nSPS) is 18.1. The Morgan fingerprint density at radius 3 is 2.75 bits per heavy atom. The van der Waals surface area contributed by atoms with Crippen molar-refractivity contribution in [1.29, 1.82) is 5.26 Å². The van der Waals surface area contributed by atoms with Crippen molar-refractivity contribution in [1.82, 2.24) is 9.97 Å². The van der Waals surface area contributed by atoms with Crippen molar-refractivity contribution in [2.45, 2.75) is 32.1 Å². The minimum Gasteiger partial charge on any atom is -0.357 e. The molecule has 1 aliphatic carbocycles. The van der Waals surface area contributed by atoms with Gasteiger partial charge in [0.05, 0.1) is 22.9 Å². The summed E-state index contributed by atoms with van der Waals surface area (Å²) in [4.78, 5) is 36.0. The Labute approximate surface area is 167 Å². The van der Waals surface area contributed by atoms with Crippen molar-refractivity contribution >= 4 is 38.9 Å². The van der Waals surface area contributed by atoms with Crippen LogP contribution in [0.2, 0.25) is 0 Å². The highest BCUT2D eigenvalue weighted by atomic mass is 32.1. The zero-order valence-corrected chi connectivity index (χ0v) is 16.4. The minimum absolute atomic E-state index is 0. The molecule has 0 atom stereocenters. The lowest BCUT2D eigenvalue weighted by molar-refractivity contribution is -0.119. The van der Waals surface area contributed by atoms with Crippen LogP contribution in [0.5, 0.6) is 0 Å². The van der Waals surface area contributed by atoms with Gasteiger partial charge in [0.1, 0.15) is 10.7 Å². The lowest BCUT2D eigenvalue weighted by Gasteiger charge is -2.28. The van der Waals surface area contributed by atoms with Crippen LogP contribution in [0.3, 0.4) is 0 Å². The zero-order valence-electron chi connectivity index (χ0n) is 15.6. The number of hydrogen-bond acceptors (Lipinski definition) is 6. The predicted octanol–water partition coefficient (Wildman–Crippen LogP) is 3.78. The number of thiazole rings is 1. The summed E-state index contributed by atoms with van der Waals surface area (Å²) in [6.07, 6.45) is 1.07. The predicted molar refractivity (Wildman–Crippen MR) is 109 cm³/mol. The van der Waals surface area contributed by atoms with E-state index in [0.717, 1.165) is 27.4 Å². The third kappa shape index (κ3) is 2.28. The van der Waals surface area contributed by atoms with Gasteiger partial charge in [0, 0.05) is 49.4 Å². The summed E-state index contributed by atoms with van der Waals surface area (Å²) in [6.45, 7) is 5.46. The van der Waals surface area contributed by atoms with Crippen molar-refractivity contribution in [2.24, 2.45) is 0 Å². The van der Waals surface area contributed by atoms with E-state index in [-0.39, 0.29) is 13.0 Å². The SMILES string of the molecule is CC1(C)c2nc(N3CCC(=O)CC3)sc2C(=O)c2c1[nH]c1cc(C#N)ccc21.[HH]. The molecule has 0 saturated carbocycles. The van der Waals surface area contributed by atoms with E-state index < -0.39 is 5.41 Å². The quantitative estimate of drug-likeness (QED) is 0.681. The van der Waals surface area contributed by atoms with Gasteiger partial charge >= 0.3 is 0 Å². The lowest BCUT2D eigenvalue weighted by Crippen LogP contribution is -2.34. The highest BCUT2D eigenvalue weighted by Gasteiger charge is 2.43. The molecule has 3 aromatic rings. The number of nitriles is 1. The lowest BCUT2D eigenvalue weighted by atomic mass is 9.77. The van der Waals surface area contributed by atoms with Crippen LogP contribution in [0.15, 0.2) is 18.2 Å². The number of nitrogens with zero attached hydrogens (tertiary/aromatic N) is 3. The first-order valence-corrected chi connectivity index (χ1v) is 10.1. The van der Waals surface area contributed by atoms with Crippen molar-refractivity contribution in [2.75, 3.05) is 18.0 Å². The molecule has 5 rings (SSSR count). The first-order chi connectivity index (χ1) is 13.4. The van der Waals surface area contributed by atoms with Crippen molar-refractivity contribution < 1.29 is 11.0 Å². The fourth-order valence-corrected chi connectivity index (χ4v) is 5.40. The van der Waals surface area contributed by atoms with Gasteiger partial charge in [-0.2, -0.15) is 5.26 Å². The van der Waals surface area contributed by atoms with Crippen LogP contribution >= 0.6 is 11.3 Å². The second-order valence-electron chi connectivity index (χ2n) is 7.90. The molecule has 0 radical (unpaired) electrons. The molecule has 0 bridgehead atoms. The molecule has 1 fully saturated rings. The Balaban J connectivity index is 0.00000205. The molecule has 2 aliphatic rings. The van der Waals surface area contributed by atoms with Gasteiger partial charge in [-0.25, -0.2) is 4.98 Å². The third-order valence-corrected chi connectivity index (χ3v) is 6.90. The Morgan fingerprint density at radius 2 is 2.04 bits per heavy atom. The van der Waals surface area contributed by atoms with Crippen molar-refractivity contribution in [3.63, 3.8) is 0 Å². The van der Waals surface area contributed by atoms with E-state index in [0.29, 0.717) is 41.9 Å². The minimum atomic E-state index is -0.454. The number of hydrogen-bond donors (Lipinski definition) is 1. The molecule has 6 nitrogen and oxygen atoms in total. The molecule has 0 amide bonds. The van der Waals surface area contributed by atoms with Gasteiger partial charge in [-0.05, 0) is 26.0 Å². The van der Waals surface area contributed by atoms with Gasteiger partial charge in [0.15, 0.2) is 5.13 Å². The fourth-order valence-electron chi connectivity index (χ4n) is 4.17. The van der Waals surface area contributed by atoms with Crippen LogP contribution in [0.1, 0.15) is 60.3 Å². The van der Waals surface area contributed by atoms with Gasteiger partial charge < -0.3 is 9.88 Å². The maximum absolute atomic E-state index is 13.4. The Bertz CT molecular complexity index is 1210. The molecule has 1 saturated heterocycles. The molecule has 1 aliphatic heterocycles. The number of rotatable bonds is 1. The Kier molecular flexibility index (Phi) is 3.52.